The molecule has 0 aliphatic heterocycles. The van der Waals surface area contributed by atoms with Gasteiger partial charge in [-0.3, -0.25) is 0 Å². The van der Waals surface area contributed by atoms with Crippen molar-refractivity contribution in [1.82, 2.24) is 10.3 Å². The second-order valence-electron chi connectivity index (χ2n) is 5.33. The number of aliphatic hydroxyl groups excluding tert-OH is 1. The predicted molar refractivity (Wildman–Crippen MR) is 90.3 cm³/mol. The van der Waals surface area contributed by atoms with Crippen molar-refractivity contribution >= 4 is 11.3 Å². The van der Waals surface area contributed by atoms with Gasteiger partial charge >= 0.3 is 0 Å². The van der Waals surface area contributed by atoms with Crippen molar-refractivity contribution in [1.29, 1.82) is 0 Å². The van der Waals surface area contributed by atoms with E-state index < -0.39 is 0 Å². The molecule has 2 rings (SSSR count). The van der Waals surface area contributed by atoms with Gasteiger partial charge in [-0.1, -0.05) is 30.3 Å². The Morgan fingerprint density at radius 3 is 2.68 bits per heavy atom. The smallest absolute Gasteiger partial charge is 0.0954 e. The topological polar surface area (TPSA) is 54.4 Å². The maximum absolute atomic E-state index is 9.67. The highest BCUT2D eigenvalue weighted by molar-refractivity contribution is 7.11. The van der Waals surface area contributed by atoms with Crippen LogP contribution in [0.3, 0.4) is 0 Å². The molecule has 2 atom stereocenters. The molecule has 0 fully saturated rings. The monoisotopic (exact) mass is 320 g/mol. The maximum Gasteiger partial charge on any atom is 0.0954 e. The minimum Gasteiger partial charge on any atom is -0.394 e. The third kappa shape index (κ3) is 4.36. The second kappa shape index (κ2) is 8.39. The van der Waals surface area contributed by atoms with E-state index in [1.165, 1.54) is 4.88 Å². The average Bonchev–Trinajstić information content (AvgIpc) is 2.92. The molecule has 0 bridgehead atoms. The molecule has 0 saturated heterocycles. The van der Waals surface area contributed by atoms with E-state index in [9.17, 15) is 5.11 Å². The number of aromatic nitrogens is 1. The summed E-state index contributed by atoms with van der Waals surface area (Å²) in [6, 6.07) is 10.1. The molecule has 0 saturated carbocycles. The number of nitrogens with zero attached hydrogens (tertiary/aromatic N) is 1. The minimum absolute atomic E-state index is 0.0693. The Labute approximate surface area is 136 Å². The van der Waals surface area contributed by atoms with Crippen LogP contribution in [0.5, 0.6) is 0 Å². The normalized spacial score (nSPS) is 14.0. The van der Waals surface area contributed by atoms with Crippen LogP contribution in [0.25, 0.3) is 0 Å². The Morgan fingerprint density at radius 1 is 1.32 bits per heavy atom. The van der Waals surface area contributed by atoms with E-state index in [1.807, 2.05) is 37.3 Å². The molecule has 5 heteroatoms. The van der Waals surface area contributed by atoms with Crippen molar-refractivity contribution in [3.63, 3.8) is 0 Å². The highest BCUT2D eigenvalue weighted by Crippen LogP contribution is 2.27. The van der Waals surface area contributed by atoms with Gasteiger partial charge in [0.2, 0.25) is 0 Å². The molecule has 0 radical (unpaired) electrons. The Balaban J connectivity index is 2.07. The summed E-state index contributed by atoms with van der Waals surface area (Å²) in [7, 11) is 1.71. The van der Waals surface area contributed by atoms with E-state index in [2.05, 4.69) is 17.2 Å². The van der Waals surface area contributed by atoms with Crippen molar-refractivity contribution in [2.24, 2.45) is 0 Å². The molecular weight excluding hydrogens is 296 g/mol. The lowest BCUT2D eigenvalue weighted by Gasteiger charge is -2.21. The van der Waals surface area contributed by atoms with Crippen molar-refractivity contribution in [2.75, 3.05) is 20.3 Å². The molecule has 0 spiro atoms. The first-order valence-electron chi connectivity index (χ1n) is 7.52. The summed E-state index contributed by atoms with van der Waals surface area (Å²) in [5.41, 5.74) is 2.15. The van der Waals surface area contributed by atoms with Crippen molar-refractivity contribution in [2.45, 2.75) is 32.4 Å². The van der Waals surface area contributed by atoms with E-state index in [-0.39, 0.29) is 18.7 Å². The van der Waals surface area contributed by atoms with Crippen LogP contribution in [0.4, 0.5) is 0 Å². The number of hydrogen-bond acceptors (Lipinski definition) is 5. The fourth-order valence-corrected chi connectivity index (χ4v) is 3.54. The highest BCUT2D eigenvalue weighted by Gasteiger charge is 2.18. The lowest BCUT2D eigenvalue weighted by molar-refractivity contribution is 0.202. The van der Waals surface area contributed by atoms with Crippen LogP contribution < -0.4 is 5.32 Å². The number of methoxy groups -OCH3 is 1. The standard InChI is InChI=1S/C17H24N2O2S/c1-12(17-13(2)19-16(22-17)9-10-21-3)18-15(11-20)14-7-5-4-6-8-14/h4-8,12,15,18,20H,9-11H2,1-3H3. The zero-order valence-corrected chi connectivity index (χ0v) is 14.2. The Hall–Kier alpha value is -1.27. The number of aryl methyl sites for hydroxylation is 1. The Morgan fingerprint density at radius 2 is 2.05 bits per heavy atom. The molecule has 22 heavy (non-hydrogen) atoms. The molecule has 1 heterocycles. The quantitative estimate of drug-likeness (QED) is 0.785. The average molecular weight is 320 g/mol. The molecule has 0 aliphatic rings. The number of rotatable bonds is 8. The van der Waals surface area contributed by atoms with Gasteiger partial charge in [-0.15, -0.1) is 11.3 Å². The third-order valence-electron chi connectivity index (χ3n) is 3.63. The predicted octanol–water partition coefficient (Wildman–Crippen LogP) is 3.02. The second-order valence-corrected chi connectivity index (χ2v) is 6.45. The number of thiazole rings is 1. The fourth-order valence-electron chi connectivity index (χ4n) is 2.48. The lowest BCUT2D eigenvalue weighted by Crippen LogP contribution is -2.27. The number of ether oxygens (including phenoxy) is 1. The molecule has 1 aromatic heterocycles. The zero-order chi connectivity index (χ0) is 15.9. The summed E-state index contributed by atoms with van der Waals surface area (Å²) in [5, 5.41) is 14.3. The number of hydrogen-bond donors (Lipinski definition) is 2. The molecule has 0 amide bonds. The zero-order valence-electron chi connectivity index (χ0n) is 13.4. The first-order chi connectivity index (χ1) is 10.7. The van der Waals surface area contributed by atoms with Gasteiger partial charge in [-0.25, -0.2) is 4.98 Å². The van der Waals surface area contributed by atoms with Crippen LogP contribution in [0, 0.1) is 6.92 Å². The van der Waals surface area contributed by atoms with Crippen LogP contribution in [0.15, 0.2) is 30.3 Å². The van der Waals surface area contributed by atoms with Gasteiger partial charge < -0.3 is 15.2 Å². The third-order valence-corrected chi connectivity index (χ3v) is 5.03. The largest absolute Gasteiger partial charge is 0.394 e. The molecule has 0 aliphatic carbocycles. The SMILES string of the molecule is COCCc1nc(C)c(C(C)NC(CO)c2ccccc2)s1. The van der Waals surface area contributed by atoms with Crippen molar-refractivity contribution < 1.29 is 9.84 Å². The molecule has 2 unspecified atom stereocenters. The van der Waals surface area contributed by atoms with Crippen molar-refractivity contribution in [3.05, 3.63) is 51.5 Å². The highest BCUT2D eigenvalue weighted by atomic mass is 32.1. The van der Waals surface area contributed by atoms with Crippen molar-refractivity contribution in [3.8, 4) is 0 Å². The summed E-state index contributed by atoms with van der Waals surface area (Å²) >= 11 is 1.72. The van der Waals surface area contributed by atoms with E-state index in [0.717, 1.165) is 22.7 Å². The van der Waals surface area contributed by atoms with Gasteiger partial charge in [-0.05, 0) is 19.4 Å². The summed E-state index contributed by atoms with van der Waals surface area (Å²) in [6.45, 7) is 4.92. The fraction of sp³-hybridized carbons (Fsp3) is 0.471. The number of nitrogens with one attached hydrogen (secondary N) is 1. The van der Waals surface area contributed by atoms with E-state index >= 15 is 0 Å². The summed E-state index contributed by atoms with van der Waals surface area (Å²) in [5.74, 6) is 0. The summed E-state index contributed by atoms with van der Waals surface area (Å²) in [6.07, 6.45) is 0.844. The molecule has 4 nitrogen and oxygen atoms in total. The molecule has 1 aromatic carbocycles. The van der Waals surface area contributed by atoms with Gasteiger partial charge in [0.25, 0.3) is 0 Å². The summed E-state index contributed by atoms with van der Waals surface area (Å²) in [4.78, 5) is 5.83. The van der Waals surface area contributed by atoms with Crippen LogP contribution in [-0.4, -0.2) is 30.4 Å². The summed E-state index contributed by atoms with van der Waals surface area (Å²) < 4.78 is 5.11. The lowest BCUT2D eigenvalue weighted by atomic mass is 10.1. The van der Waals surface area contributed by atoms with Gasteiger partial charge in [0.15, 0.2) is 0 Å². The Bertz CT molecular complexity index is 571. The molecular formula is C17H24N2O2S. The van der Waals surface area contributed by atoms with Crippen LogP contribution >= 0.6 is 11.3 Å². The Kier molecular flexibility index (Phi) is 6.51. The first kappa shape index (κ1) is 17.1. The number of benzene rings is 1. The van der Waals surface area contributed by atoms with Gasteiger partial charge in [0.1, 0.15) is 0 Å². The van der Waals surface area contributed by atoms with Gasteiger partial charge in [0.05, 0.1) is 30.0 Å². The maximum atomic E-state index is 9.67. The number of aliphatic hydroxyl groups is 1. The van der Waals surface area contributed by atoms with Crippen LogP contribution in [0.1, 0.15) is 40.1 Å². The molecule has 2 aromatic rings. The molecule has 2 N–H and O–H groups in total. The first-order valence-corrected chi connectivity index (χ1v) is 8.34. The van der Waals surface area contributed by atoms with Gasteiger partial charge in [-0.2, -0.15) is 0 Å². The van der Waals surface area contributed by atoms with E-state index in [4.69, 9.17) is 4.74 Å². The minimum atomic E-state index is -0.0693. The van der Waals surface area contributed by atoms with Crippen LogP contribution in [-0.2, 0) is 11.2 Å². The van der Waals surface area contributed by atoms with E-state index in [1.54, 1.807) is 18.4 Å². The van der Waals surface area contributed by atoms with Gasteiger partial charge in [0, 0.05) is 24.4 Å². The molecule has 120 valence electrons. The van der Waals surface area contributed by atoms with Crippen LogP contribution in [0.2, 0.25) is 0 Å². The van der Waals surface area contributed by atoms with E-state index in [0.29, 0.717) is 6.61 Å².